The number of methoxy groups -OCH3 is 1. The lowest BCUT2D eigenvalue weighted by molar-refractivity contribution is 0.239. The van der Waals surface area contributed by atoms with Crippen molar-refractivity contribution in [3.8, 4) is 5.75 Å². The van der Waals surface area contributed by atoms with Crippen LogP contribution in [0.4, 0.5) is 4.79 Å². The van der Waals surface area contributed by atoms with Crippen molar-refractivity contribution in [3.63, 3.8) is 0 Å². The molecule has 7 heteroatoms. The largest absolute Gasteiger partial charge is 0.497 e. The summed E-state index contributed by atoms with van der Waals surface area (Å²) in [6, 6.07) is 7.44. The van der Waals surface area contributed by atoms with E-state index in [1.165, 1.54) is 0 Å². The predicted octanol–water partition coefficient (Wildman–Crippen LogP) is 0.972. The highest BCUT2D eigenvalue weighted by Gasteiger charge is 2.27. The van der Waals surface area contributed by atoms with Gasteiger partial charge in [-0.3, -0.25) is 0 Å². The highest BCUT2D eigenvalue weighted by atomic mass is 32.2. The van der Waals surface area contributed by atoms with Crippen LogP contribution in [-0.4, -0.2) is 46.2 Å². The molecule has 1 fully saturated rings. The lowest BCUT2D eigenvalue weighted by Crippen LogP contribution is -2.39. The summed E-state index contributed by atoms with van der Waals surface area (Å²) in [6.45, 7) is 0.923. The number of benzene rings is 1. The van der Waals surface area contributed by atoms with Crippen LogP contribution in [0.1, 0.15) is 12.0 Å². The van der Waals surface area contributed by atoms with Crippen LogP contribution < -0.4 is 15.4 Å². The maximum atomic E-state index is 11.7. The van der Waals surface area contributed by atoms with Crippen LogP contribution in [0.2, 0.25) is 0 Å². The van der Waals surface area contributed by atoms with Gasteiger partial charge < -0.3 is 15.4 Å². The van der Waals surface area contributed by atoms with Crippen molar-refractivity contribution in [3.05, 3.63) is 29.8 Å². The van der Waals surface area contributed by atoms with Crippen molar-refractivity contribution in [2.45, 2.75) is 12.8 Å². The number of urea groups is 1. The summed E-state index contributed by atoms with van der Waals surface area (Å²) in [5.41, 5.74) is 1.08. The number of carbonyl (C=O) groups is 1. The van der Waals surface area contributed by atoms with Gasteiger partial charge in [-0.05, 0) is 36.5 Å². The Morgan fingerprint density at radius 2 is 2.18 bits per heavy atom. The van der Waals surface area contributed by atoms with Crippen molar-refractivity contribution in [1.82, 2.24) is 10.6 Å². The minimum Gasteiger partial charge on any atom is -0.497 e. The molecule has 0 unspecified atom stereocenters. The lowest BCUT2D eigenvalue weighted by atomic mass is 10.1. The van der Waals surface area contributed by atoms with Gasteiger partial charge in [0, 0.05) is 13.1 Å². The summed E-state index contributed by atoms with van der Waals surface area (Å²) >= 11 is 0. The second-order valence-electron chi connectivity index (χ2n) is 5.51. The molecule has 6 nitrogen and oxygen atoms in total. The normalized spacial score (nSPS) is 19.6. The Labute approximate surface area is 131 Å². The van der Waals surface area contributed by atoms with Gasteiger partial charge in [-0.1, -0.05) is 12.1 Å². The molecule has 22 heavy (non-hydrogen) atoms. The number of nitrogens with one attached hydrogen (secondary N) is 2. The molecule has 0 saturated carbocycles. The van der Waals surface area contributed by atoms with E-state index < -0.39 is 9.84 Å². The van der Waals surface area contributed by atoms with Crippen molar-refractivity contribution >= 4 is 15.9 Å². The second kappa shape index (κ2) is 7.49. The first-order valence-corrected chi connectivity index (χ1v) is 9.16. The molecular weight excluding hydrogens is 304 g/mol. The van der Waals surface area contributed by atoms with Crippen LogP contribution in [0.25, 0.3) is 0 Å². The third-order valence-corrected chi connectivity index (χ3v) is 5.55. The minimum absolute atomic E-state index is 0.0362. The van der Waals surface area contributed by atoms with Crippen LogP contribution in [-0.2, 0) is 16.3 Å². The van der Waals surface area contributed by atoms with E-state index in [1.807, 2.05) is 24.3 Å². The summed E-state index contributed by atoms with van der Waals surface area (Å²) in [4.78, 5) is 11.7. The highest BCUT2D eigenvalue weighted by molar-refractivity contribution is 7.91. The van der Waals surface area contributed by atoms with E-state index in [4.69, 9.17) is 4.74 Å². The third-order valence-electron chi connectivity index (χ3n) is 3.71. The standard InChI is InChI=1S/C15H22N2O4S/c1-21-14-4-2-3-12(9-14)5-7-16-15(18)17-10-13-6-8-22(19,20)11-13/h2-4,9,13H,5-8,10-11H2,1H3,(H2,16,17,18)/t13-/m1/s1. The molecule has 2 amide bonds. The minimum atomic E-state index is -2.89. The molecule has 0 aromatic heterocycles. The average Bonchev–Trinajstić information content (AvgIpc) is 2.85. The van der Waals surface area contributed by atoms with Gasteiger partial charge in [-0.2, -0.15) is 0 Å². The summed E-state index contributed by atoms with van der Waals surface area (Å²) in [5.74, 6) is 1.24. The fraction of sp³-hybridized carbons (Fsp3) is 0.533. The molecule has 0 aliphatic carbocycles. The molecule has 1 saturated heterocycles. The van der Waals surface area contributed by atoms with Crippen LogP contribution in [0, 0.1) is 5.92 Å². The molecule has 0 bridgehead atoms. The third kappa shape index (κ3) is 5.22. The Morgan fingerprint density at radius 3 is 2.86 bits per heavy atom. The first kappa shape index (κ1) is 16.6. The van der Waals surface area contributed by atoms with Crippen molar-refractivity contribution in [1.29, 1.82) is 0 Å². The topological polar surface area (TPSA) is 84.5 Å². The number of carbonyl (C=O) groups excluding carboxylic acids is 1. The van der Waals surface area contributed by atoms with E-state index >= 15 is 0 Å². The van der Waals surface area contributed by atoms with Gasteiger partial charge in [0.25, 0.3) is 0 Å². The molecule has 2 N–H and O–H groups in total. The first-order chi connectivity index (χ1) is 10.5. The van der Waals surface area contributed by atoms with Gasteiger partial charge in [-0.15, -0.1) is 0 Å². The van der Waals surface area contributed by atoms with Crippen LogP contribution in [0.15, 0.2) is 24.3 Å². The number of rotatable bonds is 6. The predicted molar refractivity (Wildman–Crippen MR) is 84.9 cm³/mol. The summed E-state index contributed by atoms with van der Waals surface area (Å²) in [5, 5.41) is 5.51. The van der Waals surface area contributed by atoms with Gasteiger partial charge in [0.2, 0.25) is 0 Å². The monoisotopic (exact) mass is 326 g/mol. The fourth-order valence-corrected chi connectivity index (χ4v) is 4.34. The lowest BCUT2D eigenvalue weighted by Gasteiger charge is -2.11. The molecule has 1 aliphatic heterocycles. The molecule has 1 aromatic carbocycles. The smallest absolute Gasteiger partial charge is 0.314 e. The molecule has 1 heterocycles. The van der Waals surface area contributed by atoms with Crippen molar-refractivity contribution in [2.75, 3.05) is 31.7 Å². The van der Waals surface area contributed by atoms with Gasteiger partial charge >= 0.3 is 6.03 Å². The van der Waals surface area contributed by atoms with Crippen molar-refractivity contribution in [2.24, 2.45) is 5.92 Å². The van der Waals surface area contributed by atoms with Gasteiger partial charge in [-0.25, -0.2) is 13.2 Å². The van der Waals surface area contributed by atoms with Gasteiger partial charge in [0.15, 0.2) is 9.84 Å². The summed E-state index contributed by atoms with van der Waals surface area (Å²) in [7, 11) is -1.27. The highest BCUT2D eigenvalue weighted by Crippen LogP contribution is 2.17. The molecule has 2 rings (SSSR count). The Hall–Kier alpha value is -1.76. The average molecular weight is 326 g/mol. The quantitative estimate of drug-likeness (QED) is 0.816. The Balaban J connectivity index is 1.65. The number of ether oxygens (including phenoxy) is 1. The van der Waals surface area contributed by atoms with E-state index in [2.05, 4.69) is 10.6 Å². The number of hydrogen-bond donors (Lipinski definition) is 2. The number of sulfone groups is 1. The van der Waals surface area contributed by atoms with E-state index in [9.17, 15) is 13.2 Å². The van der Waals surface area contributed by atoms with E-state index in [1.54, 1.807) is 7.11 Å². The number of amides is 2. The molecular formula is C15H22N2O4S. The zero-order chi connectivity index (χ0) is 16.0. The summed E-state index contributed by atoms with van der Waals surface area (Å²) in [6.07, 6.45) is 1.34. The molecule has 1 aliphatic rings. The first-order valence-electron chi connectivity index (χ1n) is 7.33. The zero-order valence-electron chi connectivity index (χ0n) is 12.7. The molecule has 0 radical (unpaired) electrons. The van der Waals surface area contributed by atoms with Crippen LogP contribution in [0.5, 0.6) is 5.75 Å². The summed E-state index contributed by atoms with van der Waals surface area (Å²) < 4.78 is 27.8. The Bertz CT molecular complexity index is 616. The Kier molecular flexibility index (Phi) is 5.65. The van der Waals surface area contributed by atoms with Gasteiger partial charge in [0.1, 0.15) is 5.75 Å². The van der Waals surface area contributed by atoms with E-state index in [0.29, 0.717) is 25.9 Å². The molecule has 0 spiro atoms. The SMILES string of the molecule is COc1cccc(CCNC(=O)NC[C@H]2CCS(=O)(=O)C2)c1. The zero-order valence-corrected chi connectivity index (χ0v) is 13.5. The van der Waals surface area contributed by atoms with E-state index in [-0.39, 0.29) is 23.5 Å². The van der Waals surface area contributed by atoms with Crippen LogP contribution in [0.3, 0.4) is 0 Å². The Morgan fingerprint density at radius 1 is 1.36 bits per heavy atom. The number of hydrogen-bond acceptors (Lipinski definition) is 4. The maximum Gasteiger partial charge on any atom is 0.314 e. The van der Waals surface area contributed by atoms with Crippen molar-refractivity contribution < 1.29 is 17.9 Å². The van der Waals surface area contributed by atoms with Gasteiger partial charge in [0.05, 0.1) is 18.6 Å². The fourth-order valence-electron chi connectivity index (χ4n) is 2.48. The van der Waals surface area contributed by atoms with Crippen LogP contribution >= 0.6 is 0 Å². The van der Waals surface area contributed by atoms with E-state index in [0.717, 1.165) is 11.3 Å². The second-order valence-corrected chi connectivity index (χ2v) is 7.74. The molecule has 1 atom stereocenters. The molecule has 122 valence electrons. The molecule has 1 aromatic rings. The maximum absolute atomic E-state index is 11.7.